The molecule has 3 heteroatoms. The zero-order valence-electron chi connectivity index (χ0n) is 13.4. The first-order valence-electron chi connectivity index (χ1n) is 8.42. The van der Waals surface area contributed by atoms with Crippen LogP contribution in [0.1, 0.15) is 57.6 Å². The maximum atomic E-state index is 6.06. The molecule has 1 aromatic rings. The zero-order chi connectivity index (χ0) is 15.2. The van der Waals surface area contributed by atoms with Crippen molar-refractivity contribution < 1.29 is 0 Å². The molecule has 0 bridgehead atoms. The van der Waals surface area contributed by atoms with Crippen LogP contribution in [0.25, 0.3) is 0 Å². The second kappa shape index (κ2) is 8.30. The van der Waals surface area contributed by atoms with Gasteiger partial charge >= 0.3 is 0 Å². The predicted molar refractivity (Wildman–Crippen MR) is 94.4 cm³/mol. The fourth-order valence-electron chi connectivity index (χ4n) is 3.96. The van der Waals surface area contributed by atoms with Gasteiger partial charge in [-0.05, 0) is 56.0 Å². The van der Waals surface area contributed by atoms with Crippen molar-refractivity contribution in [3.63, 3.8) is 0 Å². The SMILES string of the molecule is CCC(c1cccc(Br)c1)N(CC)C1CCCCC1CN. The summed E-state index contributed by atoms with van der Waals surface area (Å²) in [6.45, 7) is 6.53. The number of hydrogen-bond acceptors (Lipinski definition) is 2. The van der Waals surface area contributed by atoms with Gasteiger partial charge in [0.1, 0.15) is 0 Å². The molecular formula is C18H29BrN2. The van der Waals surface area contributed by atoms with Gasteiger partial charge < -0.3 is 5.73 Å². The van der Waals surface area contributed by atoms with Crippen molar-refractivity contribution in [3.05, 3.63) is 34.3 Å². The Bertz CT molecular complexity index is 435. The maximum Gasteiger partial charge on any atom is 0.0348 e. The first kappa shape index (κ1) is 17.0. The molecule has 3 unspecified atom stereocenters. The van der Waals surface area contributed by atoms with Crippen molar-refractivity contribution in [2.45, 2.75) is 58.0 Å². The third-order valence-electron chi connectivity index (χ3n) is 4.98. The summed E-state index contributed by atoms with van der Waals surface area (Å²) >= 11 is 3.61. The summed E-state index contributed by atoms with van der Waals surface area (Å²) in [6, 6.07) is 9.95. The highest BCUT2D eigenvalue weighted by Crippen LogP contribution is 2.35. The first-order valence-corrected chi connectivity index (χ1v) is 9.21. The quantitative estimate of drug-likeness (QED) is 0.800. The van der Waals surface area contributed by atoms with Crippen LogP contribution >= 0.6 is 15.9 Å². The molecule has 0 aliphatic heterocycles. The number of benzene rings is 1. The molecule has 0 spiro atoms. The molecule has 2 rings (SSSR count). The number of nitrogens with zero attached hydrogens (tertiary/aromatic N) is 1. The number of hydrogen-bond donors (Lipinski definition) is 1. The summed E-state index contributed by atoms with van der Waals surface area (Å²) in [7, 11) is 0. The van der Waals surface area contributed by atoms with Crippen molar-refractivity contribution >= 4 is 15.9 Å². The number of nitrogens with two attached hydrogens (primary N) is 1. The van der Waals surface area contributed by atoms with E-state index in [4.69, 9.17) is 5.73 Å². The van der Waals surface area contributed by atoms with Crippen LogP contribution in [0.2, 0.25) is 0 Å². The minimum Gasteiger partial charge on any atom is -0.330 e. The normalized spacial score (nSPS) is 24.2. The Morgan fingerprint density at radius 3 is 2.67 bits per heavy atom. The van der Waals surface area contributed by atoms with Gasteiger partial charge in [-0.3, -0.25) is 4.90 Å². The highest BCUT2D eigenvalue weighted by Gasteiger charge is 2.32. The fourth-order valence-corrected chi connectivity index (χ4v) is 4.38. The van der Waals surface area contributed by atoms with Gasteiger partial charge in [0, 0.05) is 16.6 Å². The lowest BCUT2D eigenvalue weighted by Gasteiger charge is -2.43. The molecule has 1 saturated carbocycles. The van der Waals surface area contributed by atoms with Crippen LogP contribution in [0.15, 0.2) is 28.7 Å². The minimum absolute atomic E-state index is 0.504. The van der Waals surface area contributed by atoms with Gasteiger partial charge in [-0.25, -0.2) is 0 Å². The Labute approximate surface area is 138 Å². The van der Waals surface area contributed by atoms with Gasteiger partial charge in [0.15, 0.2) is 0 Å². The highest BCUT2D eigenvalue weighted by atomic mass is 79.9. The van der Waals surface area contributed by atoms with Gasteiger partial charge in [-0.15, -0.1) is 0 Å². The lowest BCUT2D eigenvalue weighted by atomic mass is 9.82. The second-order valence-electron chi connectivity index (χ2n) is 6.16. The summed E-state index contributed by atoms with van der Waals surface area (Å²) in [6.07, 6.45) is 6.46. The van der Waals surface area contributed by atoms with Crippen LogP contribution in [0.3, 0.4) is 0 Å². The van der Waals surface area contributed by atoms with Crippen LogP contribution in [-0.4, -0.2) is 24.0 Å². The maximum absolute atomic E-state index is 6.06. The van der Waals surface area contributed by atoms with Gasteiger partial charge in [0.2, 0.25) is 0 Å². The van der Waals surface area contributed by atoms with Crippen LogP contribution in [0.4, 0.5) is 0 Å². The standard InChI is InChI=1S/C18H29BrN2/c1-3-17(14-9-7-10-16(19)12-14)21(4-2)18-11-6-5-8-15(18)13-20/h7,9-10,12,15,17-18H,3-6,8,11,13,20H2,1-2H3. The van der Waals surface area contributed by atoms with Crippen molar-refractivity contribution in [1.82, 2.24) is 4.90 Å². The van der Waals surface area contributed by atoms with Crippen molar-refractivity contribution in [2.24, 2.45) is 11.7 Å². The summed E-state index contributed by atoms with van der Waals surface area (Å²) in [4.78, 5) is 2.71. The molecule has 118 valence electrons. The molecule has 1 aromatic carbocycles. The first-order chi connectivity index (χ1) is 10.2. The summed E-state index contributed by atoms with van der Waals surface area (Å²) in [5, 5.41) is 0. The van der Waals surface area contributed by atoms with Crippen molar-refractivity contribution in [1.29, 1.82) is 0 Å². The Morgan fingerprint density at radius 2 is 2.05 bits per heavy atom. The van der Waals surface area contributed by atoms with Crippen molar-refractivity contribution in [3.8, 4) is 0 Å². The van der Waals surface area contributed by atoms with E-state index < -0.39 is 0 Å². The minimum atomic E-state index is 0.504. The summed E-state index contributed by atoms with van der Waals surface area (Å²) in [5.74, 6) is 0.667. The molecule has 2 nitrogen and oxygen atoms in total. The average molecular weight is 353 g/mol. The van der Waals surface area contributed by atoms with Crippen molar-refractivity contribution in [2.75, 3.05) is 13.1 Å². The molecule has 21 heavy (non-hydrogen) atoms. The van der Waals surface area contributed by atoms with E-state index >= 15 is 0 Å². The summed E-state index contributed by atoms with van der Waals surface area (Å²) in [5.41, 5.74) is 7.48. The molecule has 0 amide bonds. The van der Waals surface area contributed by atoms with E-state index in [9.17, 15) is 0 Å². The molecule has 3 atom stereocenters. The summed E-state index contributed by atoms with van der Waals surface area (Å²) < 4.78 is 1.17. The van der Waals surface area contributed by atoms with E-state index in [2.05, 4.69) is 58.9 Å². The van der Waals surface area contributed by atoms with E-state index in [1.165, 1.54) is 35.7 Å². The van der Waals surface area contributed by atoms with Gasteiger partial charge in [-0.2, -0.15) is 0 Å². The Balaban J connectivity index is 2.24. The Kier molecular flexibility index (Phi) is 6.72. The molecule has 0 aromatic heterocycles. The molecule has 0 radical (unpaired) electrons. The van der Waals surface area contributed by atoms with Crippen LogP contribution < -0.4 is 5.73 Å². The van der Waals surface area contributed by atoms with E-state index in [1.54, 1.807) is 0 Å². The highest BCUT2D eigenvalue weighted by molar-refractivity contribution is 9.10. The van der Waals surface area contributed by atoms with E-state index in [0.717, 1.165) is 19.5 Å². The van der Waals surface area contributed by atoms with Crippen LogP contribution in [0.5, 0.6) is 0 Å². The number of halogens is 1. The third-order valence-corrected chi connectivity index (χ3v) is 5.48. The third kappa shape index (κ3) is 4.08. The van der Waals surface area contributed by atoms with Crippen LogP contribution in [-0.2, 0) is 0 Å². The van der Waals surface area contributed by atoms with E-state index in [0.29, 0.717) is 18.0 Å². The monoisotopic (exact) mass is 352 g/mol. The smallest absolute Gasteiger partial charge is 0.0348 e. The van der Waals surface area contributed by atoms with Crippen LogP contribution in [0, 0.1) is 5.92 Å². The second-order valence-corrected chi connectivity index (χ2v) is 7.07. The lowest BCUT2D eigenvalue weighted by molar-refractivity contribution is 0.0678. The van der Waals surface area contributed by atoms with Gasteiger partial charge in [0.05, 0.1) is 0 Å². The number of rotatable bonds is 6. The molecule has 1 fully saturated rings. The largest absolute Gasteiger partial charge is 0.330 e. The predicted octanol–water partition coefficient (Wildman–Crippen LogP) is 4.74. The topological polar surface area (TPSA) is 29.3 Å². The molecule has 1 aliphatic rings. The molecule has 0 heterocycles. The average Bonchev–Trinajstić information content (AvgIpc) is 2.52. The zero-order valence-corrected chi connectivity index (χ0v) is 15.0. The molecular weight excluding hydrogens is 324 g/mol. The molecule has 1 aliphatic carbocycles. The van der Waals surface area contributed by atoms with Gasteiger partial charge in [-0.1, -0.05) is 54.8 Å². The molecule has 0 saturated heterocycles. The van der Waals surface area contributed by atoms with E-state index in [1.807, 2.05) is 0 Å². The molecule has 2 N–H and O–H groups in total. The Morgan fingerprint density at radius 1 is 1.29 bits per heavy atom. The fraction of sp³-hybridized carbons (Fsp3) is 0.667. The Hall–Kier alpha value is -0.380. The van der Waals surface area contributed by atoms with Gasteiger partial charge in [0.25, 0.3) is 0 Å². The van der Waals surface area contributed by atoms with E-state index in [-0.39, 0.29) is 0 Å². The lowest BCUT2D eigenvalue weighted by Crippen LogP contribution is -2.46.